The van der Waals surface area contributed by atoms with Crippen molar-refractivity contribution >= 4 is 29.2 Å². The minimum Gasteiger partial charge on any atom is -0.482 e. The molecule has 0 spiro atoms. The van der Waals surface area contributed by atoms with E-state index in [-0.39, 0.29) is 6.61 Å². The third-order valence-corrected chi connectivity index (χ3v) is 4.81. The van der Waals surface area contributed by atoms with E-state index in [1.807, 2.05) is 38.1 Å². The summed E-state index contributed by atoms with van der Waals surface area (Å²) in [6.45, 7) is 3.75. The number of hydrogen-bond donors (Lipinski definition) is 0. The SMILES string of the molecule is Cc1cccc(OCC(=O)Oc2ccc(/C=C(/C#N)c3cccc(Cl)c3)cc2)c1C. The largest absolute Gasteiger partial charge is 0.482 e. The lowest BCUT2D eigenvalue weighted by molar-refractivity contribution is -0.136. The Bertz CT molecular complexity index is 1130. The van der Waals surface area contributed by atoms with Crippen molar-refractivity contribution in [2.45, 2.75) is 13.8 Å². The van der Waals surface area contributed by atoms with Gasteiger partial charge in [0.15, 0.2) is 6.61 Å². The van der Waals surface area contributed by atoms with Gasteiger partial charge in [0.1, 0.15) is 11.5 Å². The number of carbonyl (C=O) groups excluding carboxylic acids is 1. The van der Waals surface area contributed by atoms with Crippen LogP contribution in [0.15, 0.2) is 66.7 Å². The van der Waals surface area contributed by atoms with Crippen molar-refractivity contribution < 1.29 is 14.3 Å². The second-order valence-electron chi connectivity index (χ2n) is 6.71. The van der Waals surface area contributed by atoms with E-state index in [1.165, 1.54) is 0 Å². The van der Waals surface area contributed by atoms with E-state index in [9.17, 15) is 10.1 Å². The van der Waals surface area contributed by atoms with Gasteiger partial charge in [-0.2, -0.15) is 5.26 Å². The fourth-order valence-electron chi connectivity index (χ4n) is 2.81. The number of esters is 1. The molecule has 0 aromatic heterocycles. The quantitative estimate of drug-likeness (QED) is 0.213. The van der Waals surface area contributed by atoms with Gasteiger partial charge in [-0.3, -0.25) is 0 Å². The van der Waals surface area contributed by atoms with Gasteiger partial charge in [-0.05, 0) is 72.5 Å². The standard InChI is InChI=1S/C25H20ClNO3/c1-17-5-3-8-24(18(17)2)29-16-25(28)30-23-11-9-19(10-12-23)13-21(15-27)20-6-4-7-22(26)14-20/h3-14H,16H2,1-2H3/b21-13-. The van der Waals surface area contributed by atoms with Crippen molar-refractivity contribution in [3.63, 3.8) is 0 Å². The number of hydrogen-bond acceptors (Lipinski definition) is 4. The number of rotatable bonds is 6. The third kappa shape index (κ3) is 5.50. The lowest BCUT2D eigenvalue weighted by atomic mass is 10.0. The molecule has 0 amide bonds. The number of nitrogens with zero attached hydrogens (tertiary/aromatic N) is 1. The number of nitriles is 1. The number of benzene rings is 3. The van der Waals surface area contributed by atoms with Crippen molar-refractivity contribution in [1.82, 2.24) is 0 Å². The molecule has 0 bridgehead atoms. The molecule has 3 aromatic rings. The van der Waals surface area contributed by atoms with Crippen LogP contribution in [-0.4, -0.2) is 12.6 Å². The predicted octanol–water partition coefficient (Wildman–Crippen LogP) is 6.01. The van der Waals surface area contributed by atoms with Gasteiger partial charge in [0.2, 0.25) is 0 Å². The highest BCUT2D eigenvalue weighted by molar-refractivity contribution is 6.30. The molecule has 0 aliphatic heterocycles. The maximum absolute atomic E-state index is 12.1. The van der Waals surface area contributed by atoms with Gasteiger partial charge in [0.25, 0.3) is 0 Å². The molecule has 0 saturated carbocycles. The second-order valence-corrected chi connectivity index (χ2v) is 7.15. The lowest BCUT2D eigenvalue weighted by Crippen LogP contribution is -2.18. The molecule has 150 valence electrons. The van der Waals surface area contributed by atoms with Crippen molar-refractivity contribution in [1.29, 1.82) is 5.26 Å². The van der Waals surface area contributed by atoms with Gasteiger partial charge in [-0.25, -0.2) is 4.79 Å². The first kappa shape index (κ1) is 21.2. The zero-order valence-corrected chi connectivity index (χ0v) is 17.4. The third-order valence-electron chi connectivity index (χ3n) is 4.58. The fourth-order valence-corrected chi connectivity index (χ4v) is 3.00. The molecule has 3 aromatic carbocycles. The highest BCUT2D eigenvalue weighted by Gasteiger charge is 2.09. The topological polar surface area (TPSA) is 59.3 Å². The molecule has 0 unspecified atom stereocenters. The van der Waals surface area contributed by atoms with E-state index < -0.39 is 5.97 Å². The second kappa shape index (κ2) is 9.78. The van der Waals surface area contributed by atoms with Crippen molar-refractivity contribution in [2.75, 3.05) is 6.61 Å². The Morgan fingerprint density at radius 3 is 2.50 bits per heavy atom. The average molecular weight is 418 g/mol. The van der Waals surface area contributed by atoms with Crippen LogP contribution in [0.1, 0.15) is 22.3 Å². The molecule has 0 N–H and O–H groups in total. The van der Waals surface area contributed by atoms with E-state index in [4.69, 9.17) is 21.1 Å². The summed E-state index contributed by atoms with van der Waals surface area (Å²) in [5.74, 6) is 0.580. The smallest absolute Gasteiger partial charge is 0.349 e. The molecule has 3 rings (SSSR count). The molecule has 4 nitrogen and oxygen atoms in total. The number of carbonyl (C=O) groups is 1. The molecule has 30 heavy (non-hydrogen) atoms. The summed E-state index contributed by atoms with van der Waals surface area (Å²) >= 11 is 6.00. The van der Waals surface area contributed by atoms with Gasteiger partial charge in [-0.15, -0.1) is 0 Å². The van der Waals surface area contributed by atoms with Crippen LogP contribution in [-0.2, 0) is 4.79 Å². The average Bonchev–Trinajstić information content (AvgIpc) is 2.74. The summed E-state index contributed by atoms with van der Waals surface area (Å²) in [6.07, 6.45) is 1.75. The first-order valence-corrected chi connectivity index (χ1v) is 9.71. The van der Waals surface area contributed by atoms with Crippen molar-refractivity contribution in [3.05, 3.63) is 94.0 Å². The van der Waals surface area contributed by atoms with Gasteiger partial charge >= 0.3 is 5.97 Å². The number of ether oxygens (including phenoxy) is 2. The van der Waals surface area contributed by atoms with Crippen LogP contribution in [0.5, 0.6) is 11.5 Å². The molecule has 0 heterocycles. The molecular weight excluding hydrogens is 398 g/mol. The molecule has 0 radical (unpaired) electrons. The Labute approximate surface area is 180 Å². The molecule has 0 aliphatic carbocycles. The number of aryl methyl sites for hydroxylation is 1. The Kier molecular flexibility index (Phi) is 6.90. The maximum Gasteiger partial charge on any atom is 0.349 e. The molecule has 0 aliphatic rings. The number of halogens is 1. The van der Waals surface area contributed by atoms with E-state index in [2.05, 4.69) is 6.07 Å². The van der Waals surface area contributed by atoms with Gasteiger partial charge < -0.3 is 9.47 Å². The normalized spacial score (nSPS) is 10.9. The molecular formula is C25H20ClNO3. The van der Waals surface area contributed by atoms with E-state index >= 15 is 0 Å². The Hall–Kier alpha value is -3.55. The van der Waals surface area contributed by atoms with Crippen LogP contribution in [0.25, 0.3) is 11.6 Å². The Morgan fingerprint density at radius 1 is 1.07 bits per heavy atom. The van der Waals surface area contributed by atoms with Gasteiger partial charge in [0.05, 0.1) is 11.6 Å². The molecule has 0 atom stereocenters. The van der Waals surface area contributed by atoms with E-state index in [0.717, 1.165) is 22.3 Å². The summed E-state index contributed by atoms with van der Waals surface area (Å²) < 4.78 is 10.9. The van der Waals surface area contributed by atoms with Crippen molar-refractivity contribution in [2.24, 2.45) is 0 Å². The lowest BCUT2D eigenvalue weighted by Gasteiger charge is -2.10. The van der Waals surface area contributed by atoms with Crippen LogP contribution in [0.2, 0.25) is 5.02 Å². The first-order valence-electron chi connectivity index (χ1n) is 9.34. The zero-order chi connectivity index (χ0) is 21.5. The van der Waals surface area contributed by atoms with E-state index in [1.54, 1.807) is 48.5 Å². The summed E-state index contributed by atoms with van der Waals surface area (Å²) in [5.41, 5.74) is 4.12. The summed E-state index contributed by atoms with van der Waals surface area (Å²) in [7, 11) is 0. The summed E-state index contributed by atoms with van der Waals surface area (Å²) in [4.78, 5) is 12.1. The molecule has 0 saturated heterocycles. The summed E-state index contributed by atoms with van der Waals surface area (Å²) in [5, 5.41) is 10.0. The zero-order valence-electron chi connectivity index (χ0n) is 16.7. The minimum atomic E-state index is -0.490. The van der Waals surface area contributed by atoms with Crippen LogP contribution >= 0.6 is 11.6 Å². The van der Waals surface area contributed by atoms with Crippen LogP contribution < -0.4 is 9.47 Å². The highest BCUT2D eigenvalue weighted by atomic mass is 35.5. The van der Waals surface area contributed by atoms with Crippen molar-refractivity contribution in [3.8, 4) is 17.6 Å². The van der Waals surface area contributed by atoms with E-state index in [0.29, 0.717) is 22.1 Å². The van der Waals surface area contributed by atoms with Crippen LogP contribution in [0.3, 0.4) is 0 Å². The minimum absolute atomic E-state index is 0.181. The number of allylic oxidation sites excluding steroid dienone is 1. The Balaban J connectivity index is 1.63. The fraction of sp³-hybridized carbons (Fsp3) is 0.120. The van der Waals surface area contributed by atoms with Crippen LogP contribution in [0, 0.1) is 25.2 Å². The maximum atomic E-state index is 12.1. The monoisotopic (exact) mass is 417 g/mol. The van der Waals surface area contributed by atoms with Crippen LogP contribution in [0.4, 0.5) is 0 Å². The van der Waals surface area contributed by atoms with Gasteiger partial charge in [-0.1, -0.05) is 48.0 Å². The highest BCUT2D eigenvalue weighted by Crippen LogP contribution is 2.23. The predicted molar refractivity (Wildman–Crippen MR) is 118 cm³/mol. The molecule has 5 heteroatoms. The van der Waals surface area contributed by atoms with Gasteiger partial charge in [0, 0.05) is 5.02 Å². The Morgan fingerprint density at radius 2 is 1.80 bits per heavy atom. The molecule has 0 fully saturated rings. The first-order chi connectivity index (χ1) is 14.5. The summed E-state index contributed by atoms with van der Waals surface area (Å²) in [6, 6.07) is 21.9.